The fourth-order valence-corrected chi connectivity index (χ4v) is 10.0. The molecule has 12 heteroatoms. The van der Waals surface area contributed by atoms with Gasteiger partial charge in [-0.15, -0.1) is 0 Å². The van der Waals surface area contributed by atoms with Gasteiger partial charge in [0, 0.05) is 43.9 Å². The van der Waals surface area contributed by atoms with Gasteiger partial charge in [-0.05, 0) is 97.1 Å². The molecule has 0 spiro atoms. The van der Waals surface area contributed by atoms with Crippen LogP contribution in [0, 0.1) is 45.3 Å². The highest BCUT2D eigenvalue weighted by Gasteiger charge is 2.50. The topological polar surface area (TPSA) is 153 Å². The van der Waals surface area contributed by atoms with Crippen molar-refractivity contribution in [3.63, 3.8) is 0 Å². The van der Waals surface area contributed by atoms with Gasteiger partial charge >= 0.3 is 5.97 Å². The third-order valence-corrected chi connectivity index (χ3v) is 14.7. The number of esters is 1. The smallest absolute Gasteiger partial charge is 0.309 e. The van der Waals surface area contributed by atoms with Crippen molar-refractivity contribution in [3.05, 3.63) is 0 Å². The van der Waals surface area contributed by atoms with E-state index in [0.29, 0.717) is 19.3 Å². The Balaban J connectivity index is 0.000000517. The van der Waals surface area contributed by atoms with E-state index in [2.05, 4.69) is 67.2 Å². The molecule has 3 N–H and O–H groups in total. The van der Waals surface area contributed by atoms with E-state index in [1.165, 1.54) is 0 Å². The molecular formula is C50H97NO11. The zero-order chi connectivity index (χ0) is 48.9. The molecule has 3 saturated heterocycles. The molecule has 0 saturated carbocycles. The van der Waals surface area contributed by atoms with E-state index >= 15 is 0 Å². The Morgan fingerprint density at radius 3 is 1.76 bits per heavy atom. The minimum absolute atomic E-state index is 0.0116. The number of Topliss-reactive ketones (excluding diaryl/α,β-unsaturated/α-hetero) is 1. The van der Waals surface area contributed by atoms with Crippen molar-refractivity contribution >= 4 is 11.8 Å². The quantitative estimate of drug-likeness (QED) is 0.227. The zero-order valence-electron chi connectivity index (χ0n) is 44.0. The molecule has 0 aromatic heterocycles. The lowest BCUT2D eigenvalue weighted by atomic mass is 9.62. The number of likely N-dealkylation sites (N-methyl/N-ethyl adjacent to an activating group) is 1. The van der Waals surface area contributed by atoms with Gasteiger partial charge in [0.1, 0.15) is 18.0 Å². The predicted octanol–water partition coefficient (Wildman–Crippen LogP) is 8.48. The Kier molecular flexibility index (Phi) is 21.4. The minimum Gasteiger partial charge on any atom is -0.461 e. The van der Waals surface area contributed by atoms with Crippen molar-refractivity contribution in [1.82, 2.24) is 4.90 Å². The summed E-state index contributed by atoms with van der Waals surface area (Å²) in [7, 11) is 7.35. The van der Waals surface area contributed by atoms with E-state index in [-0.39, 0.29) is 88.1 Å². The molecule has 0 bridgehead atoms. The number of ether oxygens (including phenoxy) is 6. The van der Waals surface area contributed by atoms with Gasteiger partial charge in [0.15, 0.2) is 6.29 Å². The Hall–Kier alpha value is -1.22. The van der Waals surface area contributed by atoms with Gasteiger partial charge in [0.25, 0.3) is 0 Å². The standard InChI is InChI=1S/C26H48O5.C12H25NO2.C12H24O4/c1-13-19-26(10,11)21(28)16(3)20(27)15(2)14-24(6,7)22(30-12)17(4)25(8,9)18(5)23(29)31-19;1-8-7-9(13(5)6)10(14)11(15-8)12(2,3)4;1-8-10(13)12(5,14-6)7-9(15-8)16-11(2,3)4/h15-19,21-22,28H,13-14H2,1-12H3;8-11,14H,7H2,1-6H3;8-10,13H,7H2,1-6H3. The van der Waals surface area contributed by atoms with Crippen molar-refractivity contribution in [2.24, 2.45) is 45.3 Å². The largest absolute Gasteiger partial charge is 0.461 e. The predicted molar refractivity (Wildman–Crippen MR) is 248 cm³/mol. The Morgan fingerprint density at radius 2 is 1.32 bits per heavy atom. The molecule has 0 amide bonds. The van der Waals surface area contributed by atoms with E-state index in [9.17, 15) is 24.9 Å². The molecule has 0 aromatic rings. The lowest BCUT2D eigenvalue weighted by Crippen LogP contribution is -2.57. The lowest BCUT2D eigenvalue weighted by molar-refractivity contribution is -0.297. The van der Waals surface area contributed by atoms with Crippen LogP contribution in [0.4, 0.5) is 0 Å². The highest BCUT2D eigenvalue weighted by Crippen LogP contribution is 2.47. The number of hydrogen-bond acceptors (Lipinski definition) is 12. The number of methoxy groups -OCH3 is 2. The Bertz CT molecular complexity index is 1390. The van der Waals surface area contributed by atoms with Crippen molar-refractivity contribution in [2.75, 3.05) is 28.3 Å². The molecule has 12 nitrogen and oxygen atoms in total. The molecule has 3 fully saturated rings. The second-order valence-electron chi connectivity index (χ2n) is 23.5. The van der Waals surface area contributed by atoms with Crippen LogP contribution in [0.2, 0.25) is 0 Å². The van der Waals surface area contributed by atoms with Gasteiger partial charge in [0.2, 0.25) is 0 Å². The second-order valence-corrected chi connectivity index (χ2v) is 23.5. The molecule has 15 atom stereocenters. The van der Waals surface area contributed by atoms with Crippen LogP contribution in [0.3, 0.4) is 0 Å². The van der Waals surface area contributed by atoms with E-state index < -0.39 is 41.3 Å². The fraction of sp³-hybridized carbons (Fsp3) is 0.960. The number of rotatable bonds is 5. The average molecular weight is 888 g/mol. The highest BCUT2D eigenvalue weighted by atomic mass is 16.7. The number of cyclic esters (lactones) is 1. The summed E-state index contributed by atoms with van der Waals surface area (Å²) in [5, 5.41) is 31.5. The summed E-state index contributed by atoms with van der Waals surface area (Å²) in [6.45, 7) is 40.1. The van der Waals surface area contributed by atoms with E-state index in [0.717, 1.165) is 6.42 Å². The Labute approximate surface area is 379 Å². The van der Waals surface area contributed by atoms with E-state index in [1.54, 1.807) is 21.1 Å². The molecule has 62 heavy (non-hydrogen) atoms. The monoisotopic (exact) mass is 888 g/mol. The first-order valence-corrected chi connectivity index (χ1v) is 23.4. The molecule has 3 heterocycles. The van der Waals surface area contributed by atoms with Gasteiger partial charge in [-0.25, -0.2) is 0 Å². The number of nitrogens with zero attached hydrogens (tertiary/aromatic N) is 1. The number of carbonyl (C=O) groups is 2. The molecule has 3 aliphatic rings. The van der Waals surface area contributed by atoms with Gasteiger partial charge in [-0.3, -0.25) is 9.59 Å². The number of aliphatic hydroxyl groups excluding tert-OH is 3. The maximum atomic E-state index is 13.3. The summed E-state index contributed by atoms with van der Waals surface area (Å²) in [6, 6.07) is 0.206. The van der Waals surface area contributed by atoms with E-state index in [4.69, 9.17) is 28.4 Å². The first kappa shape index (κ1) is 58.8. The molecule has 0 aromatic carbocycles. The number of aliphatic hydroxyl groups is 3. The van der Waals surface area contributed by atoms with Crippen molar-refractivity contribution < 1.29 is 53.3 Å². The Morgan fingerprint density at radius 1 is 0.790 bits per heavy atom. The van der Waals surface area contributed by atoms with Gasteiger partial charge in [0.05, 0.1) is 53.7 Å². The lowest BCUT2D eigenvalue weighted by Gasteiger charge is -2.48. The molecule has 15 unspecified atom stereocenters. The third-order valence-electron chi connectivity index (χ3n) is 14.7. The molecule has 3 rings (SSSR count). The normalized spacial score (nSPS) is 39.6. The number of hydrogen-bond donors (Lipinski definition) is 3. The van der Waals surface area contributed by atoms with Crippen LogP contribution in [0.5, 0.6) is 0 Å². The van der Waals surface area contributed by atoms with E-state index in [1.807, 2.05) is 83.3 Å². The maximum Gasteiger partial charge on any atom is 0.309 e. The van der Waals surface area contributed by atoms with Crippen LogP contribution >= 0.6 is 0 Å². The van der Waals surface area contributed by atoms with Crippen molar-refractivity contribution in [2.45, 2.75) is 237 Å². The van der Waals surface area contributed by atoms with Crippen molar-refractivity contribution in [1.29, 1.82) is 0 Å². The molecule has 368 valence electrons. The van der Waals surface area contributed by atoms with Crippen LogP contribution in [-0.4, -0.2) is 133 Å². The summed E-state index contributed by atoms with van der Waals surface area (Å²) >= 11 is 0. The van der Waals surface area contributed by atoms with Crippen LogP contribution in [0.25, 0.3) is 0 Å². The zero-order valence-corrected chi connectivity index (χ0v) is 44.0. The summed E-state index contributed by atoms with van der Waals surface area (Å²) in [4.78, 5) is 28.7. The molecule has 3 aliphatic heterocycles. The van der Waals surface area contributed by atoms with Crippen LogP contribution in [0.1, 0.15) is 164 Å². The number of carbonyl (C=O) groups excluding carboxylic acids is 2. The van der Waals surface area contributed by atoms with Gasteiger partial charge in [-0.2, -0.15) is 0 Å². The summed E-state index contributed by atoms with van der Waals surface area (Å²) in [6.07, 6.45) is -0.358. The molecule has 0 aliphatic carbocycles. The van der Waals surface area contributed by atoms with Crippen molar-refractivity contribution in [3.8, 4) is 0 Å². The third kappa shape index (κ3) is 14.9. The van der Waals surface area contributed by atoms with Crippen LogP contribution in [0.15, 0.2) is 0 Å². The highest BCUT2D eigenvalue weighted by molar-refractivity contribution is 5.83. The summed E-state index contributed by atoms with van der Waals surface area (Å²) in [5.74, 6) is -1.29. The summed E-state index contributed by atoms with van der Waals surface area (Å²) in [5.41, 5.74) is -2.30. The maximum absolute atomic E-state index is 13.3. The second kappa shape index (κ2) is 22.5. The average Bonchev–Trinajstić information content (AvgIpc) is 3.14. The van der Waals surface area contributed by atoms with Crippen LogP contribution in [-0.2, 0) is 38.0 Å². The van der Waals surface area contributed by atoms with Gasteiger partial charge < -0.3 is 48.6 Å². The molecule has 0 radical (unpaired) electrons. The SMILES string of the molecule is CC1CC(N(C)C)C(O)C(C(C)(C)C)O1.CCC1OC(=O)C(C)C(C)(C)C(C)C(OC)C(C)(C)CC(C)C(=O)C(C)C(O)C1(C)C.COC1(C)CC(OC(C)(C)C)OC(C)C1O. The fourth-order valence-electron chi connectivity index (χ4n) is 10.0. The number of ketones is 1. The molecular weight excluding hydrogens is 791 g/mol. The van der Waals surface area contributed by atoms with Gasteiger partial charge in [-0.1, -0.05) is 96.9 Å². The first-order chi connectivity index (χ1) is 27.9. The first-order valence-electron chi connectivity index (χ1n) is 23.4. The minimum atomic E-state index is -0.910. The van der Waals surface area contributed by atoms with Crippen LogP contribution < -0.4 is 0 Å². The summed E-state index contributed by atoms with van der Waals surface area (Å²) < 4.78 is 34.7.